The fourth-order valence-electron chi connectivity index (χ4n) is 1.76. The summed E-state index contributed by atoms with van der Waals surface area (Å²) in [5.74, 6) is 1.69. The Bertz CT molecular complexity index is 397. The number of halogens is 1. The minimum Gasteiger partial charge on any atom is -0.465 e. The molecule has 0 spiro atoms. The number of carbonyl (C=O) groups excluding carboxylic acids is 1. The van der Waals surface area contributed by atoms with Gasteiger partial charge in [0.1, 0.15) is 6.04 Å². The molecule has 3 nitrogen and oxygen atoms in total. The van der Waals surface area contributed by atoms with Crippen molar-refractivity contribution < 1.29 is 9.53 Å². The van der Waals surface area contributed by atoms with Gasteiger partial charge in [-0.3, -0.25) is 4.79 Å². The van der Waals surface area contributed by atoms with Gasteiger partial charge in [-0.05, 0) is 43.3 Å². The average molecular weight is 316 g/mol. The van der Waals surface area contributed by atoms with Gasteiger partial charge in [0.05, 0.1) is 6.61 Å². The summed E-state index contributed by atoms with van der Waals surface area (Å²) in [6.07, 6.45) is 0.783. The molecule has 1 atom stereocenters. The maximum absolute atomic E-state index is 11.7. The zero-order valence-electron chi connectivity index (χ0n) is 12.0. The van der Waals surface area contributed by atoms with Gasteiger partial charge in [-0.1, -0.05) is 30.7 Å². The molecule has 0 bridgehead atoms. The first-order valence-electron chi connectivity index (χ1n) is 6.89. The number of hydrogen-bond acceptors (Lipinski definition) is 4. The summed E-state index contributed by atoms with van der Waals surface area (Å²) in [5.41, 5.74) is 1.25. The number of likely N-dealkylation sites (N-methyl/N-ethyl adjacent to an activating group) is 1. The zero-order chi connectivity index (χ0) is 14.8. The van der Waals surface area contributed by atoms with Gasteiger partial charge in [-0.25, -0.2) is 0 Å². The summed E-state index contributed by atoms with van der Waals surface area (Å²) in [6.45, 7) is 5.02. The van der Waals surface area contributed by atoms with Crippen LogP contribution in [0.2, 0.25) is 5.02 Å². The Morgan fingerprint density at radius 1 is 1.35 bits per heavy atom. The zero-order valence-corrected chi connectivity index (χ0v) is 13.6. The van der Waals surface area contributed by atoms with Crippen molar-refractivity contribution in [3.05, 3.63) is 34.9 Å². The van der Waals surface area contributed by atoms with Crippen LogP contribution in [0.3, 0.4) is 0 Å². The summed E-state index contributed by atoms with van der Waals surface area (Å²) in [7, 11) is 0. The Morgan fingerprint density at radius 3 is 2.65 bits per heavy atom. The van der Waals surface area contributed by atoms with E-state index in [0.29, 0.717) is 6.61 Å². The first-order valence-corrected chi connectivity index (χ1v) is 8.42. The van der Waals surface area contributed by atoms with Gasteiger partial charge in [0.25, 0.3) is 0 Å². The smallest absolute Gasteiger partial charge is 0.323 e. The summed E-state index contributed by atoms with van der Waals surface area (Å²) in [4.78, 5) is 11.7. The molecule has 0 aromatic heterocycles. The average Bonchev–Trinajstić information content (AvgIpc) is 2.44. The molecular formula is C15H22ClNO2S. The molecule has 0 heterocycles. The Balaban J connectivity index is 2.29. The van der Waals surface area contributed by atoms with Gasteiger partial charge >= 0.3 is 5.97 Å². The third-order valence-corrected chi connectivity index (χ3v) is 4.07. The molecule has 0 saturated heterocycles. The normalized spacial score (nSPS) is 12.2. The molecule has 5 heteroatoms. The number of esters is 1. The topological polar surface area (TPSA) is 38.3 Å². The highest BCUT2D eigenvalue weighted by Crippen LogP contribution is 2.16. The maximum atomic E-state index is 11.7. The van der Waals surface area contributed by atoms with Crippen LogP contribution in [0.4, 0.5) is 0 Å². The quantitative estimate of drug-likeness (QED) is 0.559. The van der Waals surface area contributed by atoms with Crippen molar-refractivity contribution in [2.24, 2.45) is 0 Å². The van der Waals surface area contributed by atoms with Crippen LogP contribution in [0.1, 0.15) is 25.8 Å². The molecule has 0 amide bonds. The van der Waals surface area contributed by atoms with Gasteiger partial charge in [0.15, 0.2) is 0 Å². The van der Waals surface area contributed by atoms with Crippen molar-refractivity contribution in [2.75, 3.05) is 18.9 Å². The molecule has 20 heavy (non-hydrogen) atoms. The molecule has 1 aromatic carbocycles. The number of nitrogens with one attached hydrogen (secondary N) is 1. The third-order valence-electron chi connectivity index (χ3n) is 2.75. The predicted molar refractivity (Wildman–Crippen MR) is 86.3 cm³/mol. The van der Waals surface area contributed by atoms with E-state index in [1.54, 1.807) is 0 Å². The Labute approximate surface area is 130 Å². The standard InChI is InChI=1S/C15H22ClNO2S/c1-3-17-14(15(18)19-4-2)9-10-20-11-12-5-7-13(16)8-6-12/h5-8,14,17H,3-4,9-11H2,1-2H3. The van der Waals surface area contributed by atoms with Gasteiger partial charge < -0.3 is 10.1 Å². The second-order valence-corrected chi connectivity index (χ2v) is 5.87. The first-order chi connectivity index (χ1) is 9.67. The third kappa shape index (κ3) is 6.64. The summed E-state index contributed by atoms with van der Waals surface area (Å²) < 4.78 is 5.06. The Hall–Kier alpha value is -0.710. The number of rotatable bonds is 9. The van der Waals surface area contributed by atoms with Gasteiger partial charge in [0.2, 0.25) is 0 Å². The van der Waals surface area contributed by atoms with Gasteiger partial charge in [-0.2, -0.15) is 11.8 Å². The highest BCUT2D eigenvalue weighted by molar-refractivity contribution is 7.98. The van der Waals surface area contributed by atoms with E-state index in [1.807, 2.05) is 49.9 Å². The molecule has 0 saturated carbocycles. The van der Waals surface area contributed by atoms with Crippen LogP contribution in [-0.2, 0) is 15.3 Å². The monoisotopic (exact) mass is 315 g/mol. The van der Waals surface area contributed by atoms with Crippen LogP contribution in [0, 0.1) is 0 Å². The van der Waals surface area contributed by atoms with Gasteiger partial charge in [0, 0.05) is 10.8 Å². The highest BCUT2D eigenvalue weighted by Gasteiger charge is 2.17. The van der Waals surface area contributed by atoms with Crippen molar-refractivity contribution in [3.8, 4) is 0 Å². The van der Waals surface area contributed by atoms with E-state index in [4.69, 9.17) is 16.3 Å². The lowest BCUT2D eigenvalue weighted by atomic mass is 10.2. The summed E-state index contributed by atoms with van der Waals surface area (Å²) >= 11 is 7.66. The lowest BCUT2D eigenvalue weighted by Crippen LogP contribution is -2.38. The van der Waals surface area contributed by atoms with Crippen LogP contribution in [-0.4, -0.2) is 30.9 Å². The molecular weight excluding hydrogens is 294 g/mol. The predicted octanol–water partition coefficient (Wildman–Crippen LogP) is 3.50. The lowest BCUT2D eigenvalue weighted by Gasteiger charge is -2.15. The second-order valence-electron chi connectivity index (χ2n) is 4.33. The molecule has 0 aliphatic carbocycles. The second kappa shape index (κ2) is 10.1. The minimum atomic E-state index is -0.197. The van der Waals surface area contributed by atoms with Crippen LogP contribution >= 0.6 is 23.4 Å². The van der Waals surface area contributed by atoms with Crippen LogP contribution in [0.5, 0.6) is 0 Å². The van der Waals surface area contributed by atoms with E-state index in [9.17, 15) is 4.79 Å². The number of benzene rings is 1. The van der Waals surface area contributed by atoms with E-state index in [-0.39, 0.29) is 12.0 Å². The van der Waals surface area contributed by atoms with Crippen LogP contribution in [0.25, 0.3) is 0 Å². The number of hydrogen-bond donors (Lipinski definition) is 1. The van der Waals surface area contributed by atoms with Crippen molar-refractivity contribution in [2.45, 2.75) is 32.1 Å². The van der Waals surface area contributed by atoms with E-state index in [1.165, 1.54) is 5.56 Å². The van der Waals surface area contributed by atoms with E-state index >= 15 is 0 Å². The van der Waals surface area contributed by atoms with Crippen LogP contribution in [0.15, 0.2) is 24.3 Å². The van der Waals surface area contributed by atoms with Crippen molar-refractivity contribution in [1.29, 1.82) is 0 Å². The maximum Gasteiger partial charge on any atom is 0.323 e. The molecule has 0 radical (unpaired) electrons. The number of ether oxygens (including phenoxy) is 1. The molecule has 0 fully saturated rings. The van der Waals surface area contributed by atoms with E-state index in [2.05, 4.69) is 5.32 Å². The molecule has 112 valence electrons. The Kier molecular flexibility index (Phi) is 8.74. The van der Waals surface area contributed by atoms with E-state index < -0.39 is 0 Å². The lowest BCUT2D eigenvalue weighted by molar-refractivity contribution is -0.145. The highest BCUT2D eigenvalue weighted by atomic mass is 35.5. The first kappa shape index (κ1) is 17.3. The Morgan fingerprint density at radius 2 is 2.05 bits per heavy atom. The van der Waals surface area contributed by atoms with Gasteiger partial charge in [-0.15, -0.1) is 0 Å². The summed E-state index contributed by atoms with van der Waals surface area (Å²) in [6, 6.07) is 7.66. The van der Waals surface area contributed by atoms with E-state index in [0.717, 1.165) is 29.5 Å². The molecule has 1 aromatic rings. The molecule has 1 N–H and O–H groups in total. The van der Waals surface area contributed by atoms with Crippen molar-refractivity contribution in [1.82, 2.24) is 5.32 Å². The minimum absolute atomic E-state index is 0.151. The fraction of sp³-hybridized carbons (Fsp3) is 0.533. The SMILES string of the molecule is CCNC(CCSCc1ccc(Cl)cc1)C(=O)OCC. The van der Waals surface area contributed by atoms with Crippen LogP contribution < -0.4 is 5.32 Å². The largest absolute Gasteiger partial charge is 0.465 e. The fourth-order valence-corrected chi connectivity index (χ4v) is 2.87. The number of carbonyl (C=O) groups is 1. The van der Waals surface area contributed by atoms with Crippen molar-refractivity contribution in [3.63, 3.8) is 0 Å². The molecule has 1 rings (SSSR count). The molecule has 0 aliphatic rings. The molecule has 0 aliphatic heterocycles. The van der Waals surface area contributed by atoms with Crippen molar-refractivity contribution >= 4 is 29.3 Å². The number of thioether (sulfide) groups is 1. The summed E-state index contributed by atoms with van der Waals surface area (Å²) in [5, 5.41) is 3.93. The molecule has 1 unspecified atom stereocenters.